The number of hydrogen-bond donors (Lipinski definition) is 1. The Morgan fingerprint density at radius 3 is 2.50 bits per heavy atom. The number of pyridine rings is 1. The van der Waals surface area contributed by atoms with Crippen LogP contribution in [0.3, 0.4) is 0 Å². The summed E-state index contributed by atoms with van der Waals surface area (Å²) >= 11 is 4.87. The minimum Gasteiger partial charge on any atom is -0.351 e. The summed E-state index contributed by atoms with van der Waals surface area (Å²) < 4.78 is 1.00. The average Bonchev–Trinajstić information content (AvgIpc) is 2.99. The van der Waals surface area contributed by atoms with Crippen molar-refractivity contribution < 1.29 is 9.59 Å². The predicted molar refractivity (Wildman–Crippen MR) is 115 cm³/mol. The molecule has 0 bridgehead atoms. The molecule has 3 rings (SSSR count). The van der Waals surface area contributed by atoms with E-state index < -0.39 is 0 Å². The summed E-state index contributed by atoms with van der Waals surface area (Å²) in [5.41, 5.74) is 0.526. The Hall–Kier alpha value is -1.86. The topological polar surface area (TPSA) is 62.3 Å². The highest BCUT2D eigenvalue weighted by atomic mass is 79.9. The number of carbonyl (C=O) groups excluding carboxylic acids is 2. The van der Waals surface area contributed by atoms with E-state index in [1.54, 1.807) is 18.3 Å². The molecule has 1 fully saturated rings. The first kappa shape index (κ1) is 20.9. The molecule has 2 heterocycles. The van der Waals surface area contributed by atoms with Crippen molar-refractivity contribution in [2.24, 2.45) is 0 Å². The van der Waals surface area contributed by atoms with E-state index in [-0.39, 0.29) is 11.8 Å². The Morgan fingerprint density at radius 2 is 1.79 bits per heavy atom. The third kappa shape index (κ3) is 6.07. The molecule has 7 heteroatoms. The zero-order valence-electron chi connectivity index (χ0n) is 15.7. The molecule has 1 aromatic carbocycles. The molecule has 1 N–H and O–H groups in total. The molecule has 28 heavy (non-hydrogen) atoms. The molecule has 0 saturated carbocycles. The summed E-state index contributed by atoms with van der Waals surface area (Å²) in [6.07, 6.45) is 6.55. The molecule has 1 aliphatic heterocycles. The first-order valence-electron chi connectivity index (χ1n) is 9.58. The molecule has 0 atom stereocenters. The maximum atomic E-state index is 12.6. The van der Waals surface area contributed by atoms with Gasteiger partial charge in [-0.2, -0.15) is 0 Å². The lowest BCUT2D eigenvalue weighted by Crippen LogP contribution is -2.35. The molecule has 0 unspecified atom stereocenters. The SMILES string of the molecule is O=C(NCCC(=O)N1CCCCCC1)c1cccnc1Sc1ccc(Br)cc1. The normalized spacial score (nSPS) is 14.4. The maximum Gasteiger partial charge on any atom is 0.254 e. The predicted octanol–water partition coefficient (Wildman–Crippen LogP) is 4.52. The number of carbonyl (C=O) groups is 2. The lowest BCUT2D eigenvalue weighted by Gasteiger charge is -2.20. The van der Waals surface area contributed by atoms with Crippen molar-refractivity contribution in [3.8, 4) is 0 Å². The van der Waals surface area contributed by atoms with Crippen molar-refractivity contribution in [1.29, 1.82) is 0 Å². The first-order chi connectivity index (χ1) is 13.6. The Kier molecular flexibility index (Phi) is 7.91. The van der Waals surface area contributed by atoms with Crippen LogP contribution in [-0.2, 0) is 4.79 Å². The maximum absolute atomic E-state index is 12.6. The van der Waals surface area contributed by atoms with Gasteiger partial charge < -0.3 is 10.2 Å². The van der Waals surface area contributed by atoms with Gasteiger partial charge in [-0.1, -0.05) is 40.5 Å². The van der Waals surface area contributed by atoms with E-state index in [9.17, 15) is 9.59 Å². The van der Waals surface area contributed by atoms with E-state index >= 15 is 0 Å². The van der Waals surface area contributed by atoms with Crippen molar-refractivity contribution in [1.82, 2.24) is 15.2 Å². The highest BCUT2D eigenvalue weighted by Gasteiger charge is 2.17. The molecule has 0 aliphatic carbocycles. The van der Waals surface area contributed by atoms with Crippen LogP contribution in [0.25, 0.3) is 0 Å². The van der Waals surface area contributed by atoms with Crippen LogP contribution in [0.15, 0.2) is 57.0 Å². The van der Waals surface area contributed by atoms with Gasteiger partial charge >= 0.3 is 0 Å². The lowest BCUT2D eigenvalue weighted by molar-refractivity contribution is -0.131. The summed E-state index contributed by atoms with van der Waals surface area (Å²) in [4.78, 5) is 32.3. The fourth-order valence-electron chi connectivity index (χ4n) is 3.12. The number of nitrogens with zero attached hydrogens (tertiary/aromatic N) is 2. The van der Waals surface area contributed by atoms with E-state index in [1.165, 1.54) is 24.6 Å². The lowest BCUT2D eigenvalue weighted by atomic mass is 10.2. The monoisotopic (exact) mass is 461 g/mol. The van der Waals surface area contributed by atoms with E-state index in [4.69, 9.17) is 0 Å². The van der Waals surface area contributed by atoms with E-state index in [0.717, 1.165) is 35.3 Å². The molecule has 2 aromatic rings. The Balaban J connectivity index is 1.55. The third-order valence-corrected chi connectivity index (χ3v) is 6.18. The van der Waals surface area contributed by atoms with Crippen molar-refractivity contribution in [2.75, 3.05) is 19.6 Å². The van der Waals surface area contributed by atoms with Gasteiger partial charge in [0.1, 0.15) is 5.03 Å². The second-order valence-corrected chi connectivity index (χ2v) is 8.69. The Morgan fingerprint density at radius 1 is 1.07 bits per heavy atom. The number of halogens is 1. The summed E-state index contributed by atoms with van der Waals surface area (Å²) in [5, 5.41) is 3.53. The summed E-state index contributed by atoms with van der Waals surface area (Å²) in [7, 11) is 0. The van der Waals surface area contributed by atoms with Gasteiger partial charge in [0, 0.05) is 41.6 Å². The average molecular weight is 462 g/mol. The van der Waals surface area contributed by atoms with Crippen LogP contribution in [0.5, 0.6) is 0 Å². The van der Waals surface area contributed by atoms with Gasteiger partial charge in [0.15, 0.2) is 0 Å². The first-order valence-corrected chi connectivity index (χ1v) is 11.2. The minimum absolute atomic E-state index is 0.123. The summed E-state index contributed by atoms with van der Waals surface area (Å²) in [5.74, 6) is -0.0748. The standard InChI is InChI=1S/C21H24BrN3O2S/c22-16-7-9-17(10-8-16)28-21-18(6-5-12-24-21)20(27)23-13-11-19(26)25-14-3-1-2-4-15-25/h5-10,12H,1-4,11,13-15H2,(H,23,27). The molecule has 1 aliphatic rings. The second-order valence-electron chi connectivity index (χ2n) is 6.71. The Bertz CT molecular complexity index is 806. The molecule has 2 amide bonds. The van der Waals surface area contributed by atoms with Gasteiger partial charge in [-0.05, 0) is 49.2 Å². The van der Waals surface area contributed by atoms with Crippen LogP contribution in [0.1, 0.15) is 42.5 Å². The van der Waals surface area contributed by atoms with Crippen molar-refractivity contribution in [2.45, 2.75) is 42.0 Å². The molecule has 5 nitrogen and oxygen atoms in total. The van der Waals surface area contributed by atoms with Gasteiger partial charge in [-0.3, -0.25) is 9.59 Å². The largest absolute Gasteiger partial charge is 0.351 e. The zero-order chi connectivity index (χ0) is 19.8. The number of hydrogen-bond acceptors (Lipinski definition) is 4. The van der Waals surface area contributed by atoms with Crippen molar-refractivity contribution in [3.63, 3.8) is 0 Å². The van der Waals surface area contributed by atoms with Crippen LogP contribution in [0.4, 0.5) is 0 Å². The van der Waals surface area contributed by atoms with Crippen LogP contribution >= 0.6 is 27.7 Å². The highest BCUT2D eigenvalue weighted by Crippen LogP contribution is 2.29. The van der Waals surface area contributed by atoms with Crippen LogP contribution in [0.2, 0.25) is 0 Å². The van der Waals surface area contributed by atoms with Gasteiger partial charge in [0.2, 0.25) is 5.91 Å². The number of aromatic nitrogens is 1. The van der Waals surface area contributed by atoms with Gasteiger partial charge in [-0.15, -0.1) is 0 Å². The minimum atomic E-state index is -0.198. The highest BCUT2D eigenvalue weighted by molar-refractivity contribution is 9.10. The van der Waals surface area contributed by atoms with Crippen LogP contribution < -0.4 is 5.32 Å². The second kappa shape index (κ2) is 10.6. The molecule has 148 valence electrons. The third-order valence-electron chi connectivity index (χ3n) is 4.63. The summed E-state index contributed by atoms with van der Waals surface area (Å²) in [6.45, 7) is 2.01. The molecular weight excluding hydrogens is 438 g/mol. The van der Waals surface area contributed by atoms with E-state index in [1.807, 2.05) is 29.2 Å². The van der Waals surface area contributed by atoms with E-state index in [0.29, 0.717) is 23.6 Å². The number of rotatable bonds is 6. The van der Waals surface area contributed by atoms with Gasteiger partial charge in [0.25, 0.3) is 5.91 Å². The number of amides is 2. The number of benzene rings is 1. The molecule has 1 aromatic heterocycles. The van der Waals surface area contributed by atoms with Crippen LogP contribution in [0, 0.1) is 0 Å². The fourth-order valence-corrected chi connectivity index (χ4v) is 4.26. The van der Waals surface area contributed by atoms with Gasteiger partial charge in [0.05, 0.1) is 5.56 Å². The zero-order valence-corrected chi connectivity index (χ0v) is 18.1. The van der Waals surface area contributed by atoms with Crippen molar-refractivity contribution in [3.05, 3.63) is 52.6 Å². The number of nitrogens with one attached hydrogen (secondary N) is 1. The molecule has 0 radical (unpaired) electrons. The Labute approximate surface area is 178 Å². The quantitative estimate of drug-likeness (QED) is 0.686. The molecule has 1 saturated heterocycles. The van der Waals surface area contributed by atoms with Crippen LogP contribution in [-0.4, -0.2) is 41.3 Å². The van der Waals surface area contributed by atoms with Gasteiger partial charge in [-0.25, -0.2) is 4.98 Å². The fraction of sp³-hybridized carbons (Fsp3) is 0.381. The summed E-state index contributed by atoms with van der Waals surface area (Å²) in [6, 6.07) is 11.4. The van der Waals surface area contributed by atoms with E-state index in [2.05, 4.69) is 26.2 Å². The van der Waals surface area contributed by atoms with Crippen molar-refractivity contribution >= 4 is 39.5 Å². The molecular formula is C21H24BrN3O2S. The number of likely N-dealkylation sites (tertiary alicyclic amines) is 1. The smallest absolute Gasteiger partial charge is 0.254 e. The molecule has 0 spiro atoms.